The van der Waals surface area contributed by atoms with Crippen molar-refractivity contribution in [2.45, 2.75) is 37.8 Å². The van der Waals surface area contributed by atoms with Crippen molar-refractivity contribution in [1.82, 2.24) is 4.31 Å². The molecule has 2 atom stereocenters. The van der Waals surface area contributed by atoms with Crippen molar-refractivity contribution >= 4 is 32.8 Å². The number of anilines is 1. The van der Waals surface area contributed by atoms with Gasteiger partial charge in [0.15, 0.2) is 5.60 Å². The van der Waals surface area contributed by atoms with E-state index in [1.807, 2.05) is 35.2 Å². The standard InChI is InChI=1S/C27H29F3N2O4S2/c1-26(33,27(28,29)30)21-11-13-22(14-12-21)32-16-15-31(38(34,35)25-10-6-5-9-24(25)37)17-23(32)19-36-18-20-7-3-2-4-8-20/h2-8,10-14,23,33H,9,15-19H2,1H3/t23-,26-/m1/s1. The number of rotatable bonds is 8. The van der Waals surface area contributed by atoms with E-state index in [0.717, 1.165) is 5.56 Å². The lowest BCUT2D eigenvalue weighted by Gasteiger charge is -2.42. The zero-order valence-corrected chi connectivity index (χ0v) is 22.4. The molecule has 6 nitrogen and oxygen atoms in total. The number of aliphatic hydroxyl groups is 1. The van der Waals surface area contributed by atoms with E-state index in [0.29, 0.717) is 37.0 Å². The fraction of sp³-hybridized carbons (Fsp3) is 0.370. The number of nitrogens with zero attached hydrogens (tertiary/aromatic N) is 2. The van der Waals surface area contributed by atoms with E-state index in [4.69, 9.17) is 17.0 Å². The zero-order chi connectivity index (χ0) is 27.6. The highest BCUT2D eigenvalue weighted by Gasteiger charge is 2.51. The van der Waals surface area contributed by atoms with E-state index < -0.39 is 27.8 Å². The van der Waals surface area contributed by atoms with E-state index in [9.17, 15) is 26.7 Å². The maximum absolute atomic E-state index is 13.4. The molecule has 1 fully saturated rings. The number of piperazine rings is 1. The van der Waals surface area contributed by atoms with Crippen molar-refractivity contribution in [1.29, 1.82) is 0 Å². The summed E-state index contributed by atoms with van der Waals surface area (Å²) in [4.78, 5) is 2.40. The highest BCUT2D eigenvalue weighted by Crippen LogP contribution is 2.39. The second-order valence-corrected chi connectivity index (χ2v) is 11.8. The summed E-state index contributed by atoms with van der Waals surface area (Å²) < 4.78 is 74.1. The van der Waals surface area contributed by atoms with Gasteiger partial charge in [-0.15, -0.1) is 0 Å². The van der Waals surface area contributed by atoms with Gasteiger partial charge in [-0.1, -0.05) is 66.8 Å². The fourth-order valence-corrected chi connectivity index (χ4v) is 6.52. The lowest BCUT2D eigenvalue weighted by atomic mass is 9.95. The summed E-state index contributed by atoms with van der Waals surface area (Å²) in [6.45, 7) is 1.80. The smallest absolute Gasteiger partial charge is 0.376 e. The van der Waals surface area contributed by atoms with Crippen molar-refractivity contribution in [3.63, 3.8) is 0 Å². The molecule has 0 saturated carbocycles. The van der Waals surface area contributed by atoms with Crippen LogP contribution in [0.25, 0.3) is 0 Å². The molecule has 1 aliphatic heterocycles. The minimum absolute atomic E-state index is 0.114. The number of hydrogen-bond donors (Lipinski definition) is 1. The van der Waals surface area contributed by atoms with Crippen molar-refractivity contribution < 1.29 is 31.4 Å². The van der Waals surface area contributed by atoms with Crippen LogP contribution in [0.4, 0.5) is 18.9 Å². The van der Waals surface area contributed by atoms with Crippen LogP contribution in [0, 0.1) is 0 Å². The molecule has 2 aromatic carbocycles. The van der Waals surface area contributed by atoms with E-state index in [2.05, 4.69) is 0 Å². The van der Waals surface area contributed by atoms with Crippen LogP contribution in [-0.2, 0) is 27.0 Å². The Kier molecular flexibility index (Phi) is 8.43. The summed E-state index contributed by atoms with van der Waals surface area (Å²) in [5.41, 5.74) is -1.70. The molecule has 0 amide bonds. The van der Waals surface area contributed by atoms with E-state index >= 15 is 0 Å². The highest BCUT2D eigenvalue weighted by molar-refractivity contribution is 7.96. The van der Waals surface area contributed by atoms with Crippen molar-refractivity contribution in [3.8, 4) is 0 Å². The molecular weight excluding hydrogens is 537 g/mol. The predicted octanol–water partition coefficient (Wildman–Crippen LogP) is 4.71. The van der Waals surface area contributed by atoms with Gasteiger partial charge in [-0.05, 0) is 36.3 Å². The van der Waals surface area contributed by atoms with Crippen LogP contribution in [0.5, 0.6) is 0 Å². The molecular formula is C27H29F3N2O4S2. The molecule has 0 aromatic heterocycles. The van der Waals surface area contributed by atoms with Gasteiger partial charge >= 0.3 is 6.18 Å². The summed E-state index contributed by atoms with van der Waals surface area (Å²) in [5.74, 6) is 0. The molecule has 204 valence electrons. The Morgan fingerprint density at radius 3 is 2.39 bits per heavy atom. The summed E-state index contributed by atoms with van der Waals surface area (Å²) in [7, 11) is -3.83. The molecule has 38 heavy (non-hydrogen) atoms. The lowest BCUT2D eigenvalue weighted by Crippen LogP contribution is -2.57. The maximum atomic E-state index is 13.4. The molecule has 2 aliphatic rings. The minimum Gasteiger partial charge on any atom is -0.376 e. The van der Waals surface area contributed by atoms with Crippen molar-refractivity contribution in [2.75, 3.05) is 31.1 Å². The molecule has 1 saturated heterocycles. The third kappa shape index (κ3) is 6.02. The first-order chi connectivity index (χ1) is 17.9. The predicted molar refractivity (Wildman–Crippen MR) is 144 cm³/mol. The molecule has 0 spiro atoms. The first-order valence-corrected chi connectivity index (χ1v) is 13.9. The first kappa shape index (κ1) is 28.4. The topological polar surface area (TPSA) is 70.1 Å². The van der Waals surface area contributed by atoms with Crippen molar-refractivity contribution in [3.05, 3.63) is 88.9 Å². The Bertz CT molecular complexity index is 1310. The normalized spacial score (nSPS) is 20.8. The summed E-state index contributed by atoms with van der Waals surface area (Å²) in [6, 6.07) is 14.6. The Morgan fingerprint density at radius 1 is 1.08 bits per heavy atom. The van der Waals surface area contributed by atoms with Gasteiger partial charge in [0.2, 0.25) is 10.0 Å². The Balaban J connectivity index is 1.56. The Morgan fingerprint density at radius 2 is 1.76 bits per heavy atom. The van der Waals surface area contributed by atoms with Gasteiger partial charge < -0.3 is 14.7 Å². The second-order valence-electron chi connectivity index (χ2n) is 9.41. The molecule has 1 heterocycles. The average molecular weight is 567 g/mol. The Hall–Kier alpha value is -2.57. The van der Waals surface area contributed by atoms with Crippen LogP contribution in [0.15, 0.2) is 77.7 Å². The summed E-state index contributed by atoms with van der Waals surface area (Å²) in [6.07, 6.45) is 0.555. The van der Waals surface area contributed by atoms with Gasteiger partial charge in [0, 0.05) is 36.6 Å². The largest absolute Gasteiger partial charge is 0.421 e. The lowest BCUT2D eigenvalue weighted by molar-refractivity contribution is -0.258. The molecule has 1 aliphatic carbocycles. The molecule has 4 rings (SSSR count). The van der Waals surface area contributed by atoms with Crippen molar-refractivity contribution in [2.24, 2.45) is 0 Å². The molecule has 0 radical (unpaired) electrons. The van der Waals surface area contributed by atoms with E-state index in [1.165, 1.54) is 34.6 Å². The number of ether oxygens (including phenoxy) is 1. The van der Waals surface area contributed by atoms with Crippen LogP contribution in [-0.4, -0.2) is 61.2 Å². The monoisotopic (exact) mass is 566 g/mol. The van der Waals surface area contributed by atoms with Crippen LogP contribution in [0.3, 0.4) is 0 Å². The van der Waals surface area contributed by atoms with E-state index in [-0.39, 0.29) is 30.2 Å². The number of benzene rings is 2. The third-order valence-electron chi connectivity index (χ3n) is 6.76. The third-order valence-corrected chi connectivity index (χ3v) is 9.23. The van der Waals surface area contributed by atoms with Gasteiger partial charge in [0.05, 0.1) is 24.2 Å². The Labute approximate surface area is 226 Å². The van der Waals surface area contributed by atoms with Gasteiger partial charge in [-0.2, -0.15) is 17.5 Å². The SMILES string of the molecule is C[C@@](O)(c1ccc(N2CCN(S(=O)(=O)C3=CC=CCC3=S)C[C@@H]2COCc2ccccc2)cc1)C(F)(F)F. The van der Waals surface area contributed by atoms with Crippen LogP contribution >= 0.6 is 12.2 Å². The summed E-state index contributed by atoms with van der Waals surface area (Å²) in [5, 5.41) is 10.0. The van der Waals surface area contributed by atoms with E-state index in [1.54, 1.807) is 12.2 Å². The van der Waals surface area contributed by atoms with Gasteiger partial charge in [-0.3, -0.25) is 0 Å². The quantitative estimate of drug-likeness (QED) is 0.467. The van der Waals surface area contributed by atoms with Crippen LogP contribution in [0.2, 0.25) is 0 Å². The molecule has 2 aromatic rings. The van der Waals surface area contributed by atoms with Crippen LogP contribution < -0.4 is 4.90 Å². The molecule has 0 unspecified atom stereocenters. The second kappa shape index (κ2) is 11.3. The van der Waals surface area contributed by atoms with Gasteiger partial charge in [-0.25, -0.2) is 8.42 Å². The average Bonchev–Trinajstić information content (AvgIpc) is 2.89. The number of alkyl halides is 3. The van der Waals surface area contributed by atoms with Gasteiger partial charge in [0.1, 0.15) is 0 Å². The van der Waals surface area contributed by atoms with Crippen LogP contribution in [0.1, 0.15) is 24.5 Å². The molecule has 11 heteroatoms. The highest BCUT2D eigenvalue weighted by atomic mass is 32.2. The zero-order valence-electron chi connectivity index (χ0n) is 20.8. The number of hydrogen-bond acceptors (Lipinski definition) is 6. The maximum Gasteiger partial charge on any atom is 0.421 e. The minimum atomic E-state index is -4.83. The fourth-order valence-electron chi connectivity index (χ4n) is 4.45. The number of sulfonamides is 1. The van der Waals surface area contributed by atoms with Gasteiger partial charge in [0.25, 0.3) is 0 Å². The molecule has 1 N–H and O–H groups in total. The number of allylic oxidation sites excluding steroid dienone is 4. The first-order valence-electron chi connectivity index (χ1n) is 12.1. The number of thiocarbonyl (C=S) groups is 1. The molecule has 0 bridgehead atoms. The number of halogens is 3. The summed E-state index contributed by atoms with van der Waals surface area (Å²) >= 11 is 5.31.